The Morgan fingerprint density at radius 2 is 1.22 bits per heavy atom. The number of benzene rings is 2. The third kappa shape index (κ3) is 17.8. The molecule has 1 unspecified atom stereocenters. The van der Waals surface area contributed by atoms with Crippen LogP contribution in [0.25, 0.3) is 6.08 Å². The number of ether oxygens (including phenoxy) is 2. The zero-order chi connectivity index (χ0) is 41.7. The topological polar surface area (TPSA) is 116 Å². The van der Waals surface area contributed by atoms with Gasteiger partial charge in [-0.15, -0.1) is 12.4 Å². The summed E-state index contributed by atoms with van der Waals surface area (Å²) in [6.45, 7) is 14.6. The zero-order valence-electron chi connectivity index (χ0n) is 36.1. The van der Waals surface area contributed by atoms with E-state index in [1.165, 1.54) is 19.3 Å². The molecule has 59 heavy (non-hydrogen) atoms. The minimum Gasteiger partial charge on any atom is -0.462 e. The van der Waals surface area contributed by atoms with Gasteiger partial charge >= 0.3 is 11.9 Å². The number of pyridine rings is 2. The maximum Gasteiger partial charge on any atom is 0.331 e. The lowest BCUT2D eigenvalue weighted by atomic mass is 9.75. The molecule has 7 atom stereocenters. The van der Waals surface area contributed by atoms with Gasteiger partial charge in [0.05, 0.1) is 17.8 Å². The summed E-state index contributed by atoms with van der Waals surface area (Å²) in [5.74, 6) is 3.00. The quantitative estimate of drug-likeness (QED) is 0.101. The molecule has 2 fully saturated rings. The van der Waals surface area contributed by atoms with E-state index in [1.807, 2.05) is 91.0 Å². The molecule has 320 valence electrons. The summed E-state index contributed by atoms with van der Waals surface area (Å²) in [6.07, 6.45) is 14.1. The van der Waals surface area contributed by atoms with Crippen molar-refractivity contribution in [1.82, 2.24) is 15.3 Å². The van der Waals surface area contributed by atoms with Gasteiger partial charge in [0.1, 0.15) is 12.2 Å². The van der Waals surface area contributed by atoms with Gasteiger partial charge in [-0.05, 0) is 103 Å². The third-order valence-corrected chi connectivity index (χ3v) is 11.4. The number of hydrogen-bond acceptors (Lipinski definition) is 8. The maximum absolute atomic E-state index is 12.9. The molecule has 2 aliphatic carbocycles. The molecule has 0 bridgehead atoms. The lowest BCUT2D eigenvalue weighted by Gasteiger charge is -2.37. The van der Waals surface area contributed by atoms with Gasteiger partial charge in [-0.25, -0.2) is 4.79 Å². The Labute approximate surface area is 360 Å². The highest BCUT2D eigenvalue weighted by atomic mass is 35.5. The summed E-state index contributed by atoms with van der Waals surface area (Å²) in [5, 5.41) is 3.50. The highest BCUT2D eigenvalue weighted by molar-refractivity contribution is 5.87. The summed E-state index contributed by atoms with van der Waals surface area (Å²) >= 11 is 0. The maximum atomic E-state index is 12.9. The molecule has 6 rings (SSSR count). The van der Waals surface area contributed by atoms with Crippen LogP contribution in [0.5, 0.6) is 0 Å². The fourth-order valence-electron chi connectivity index (χ4n) is 8.04. The van der Waals surface area contributed by atoms with Gasteiger partial charge in [-0.2, -0.15) is 0 Å². The Morgan fingerprint density at radius 3 is 1.71 bits per heavy atom. The number of nitrogens with one attached hydrogen (secondary N) is 1. The van der Waals surface area contributed by atoms with E-state index >= 15 is 0 Å². The lowest BCUT2D eigenvalue weighted by molar-refractivity contribution is -0.156. The highest BCUT2D eigenvalue weighted by Gasteiger charge is 2.34. The number of carbonyl (C=O) groups excluding carboxylic acids is 2. The summed E-state index contributed by atoms with van der Waals surface area (Å²) in [5.41, 5.74) is 9.30. The molecule has 2 aromatic heterocycles. The minimum absolute atomic E-state index is 0. The molecule has 2 aromatic carbocycles. The van der Waals surface area contributed by atoms with E-state index in [-0.39, 0.29) is 42.6 Å². The van der Waals surface area contributed by atoms with Gasteiger partial charge in [0, 0.05) is 37.6 Å². The molecular weight excluding hydrogens is 756 g/mol. The highest BCUT2D eigenvalue weighted by Crippen LogP contribution is 2.37. The molecule has 3 N–H and O–H groups in total. The standard InChI is InChI=1S/C25H34N2O2.C19H26O2.C6H8N2.ClH/c1-18(2)22-13-12-19(3)15-24(22)29-25(28)16-23(20-9-5-4-6-10-20)27-17-21-11-7-8-14-26-21;1-14(2)17-11-9-15(3)13-18(17)21-19(20)12-10-16-7-5-4-6-8-16;7-5-6-3-1-2-4-8-6;/h4-11,14,18-19,22-24,27H,12-13,15-17H2,1-3H3;4-8,10,12,14-15,17-18H,9,11,13H2,1-3H3;1-4H,5,7H2;1H/b;12-10+;;/t19-,22+,23?,24-;15-,17+,18-;;/m11../s1. The SMILES string of the molecule is CC(C)[C@@H]1CC[C@@H](C)C[C@H]1OC(=O)/C=C/c1ccccc1.CC(C)[C@@H]1CC[C@@H](C)C[C@H]1OC(=O)CC(NCc1ccccn1)c1ccccc1.Cl.NCc1ccccn1. The smallest absolute Gasteiger partial charge is 0.331 e. The Kier molecular flexibility index (Phi) is 22.1. The van der Waals surface area contributed by atoms with Gasteiger partial charge in [0.15, 0.2) is 0 Å². The molecular formula is C50H69ClN4O4. The van der Waals surface area contributed by atoms with E-state index < -0.39 is 0 Å². The number of carbonyl (C=O) groups is 2. The van der Waals surface area contributed by atoms with Crippen LogP contribution in [0.2, 0.25) is 0 Å². The van der Waals surface area contributed by atoms with Gasteiger partial charge in [0.25, 0.3) is 0 Å². The first-order chi connectivity index (χ1) is 28.0. The Balaban J connectivity index is 0.000000270. The molecule has 2 saturated carbocycles. The van der Waals surface area contributed by atoms with Gasteiger partial charge in [0.2, 0.25) is 0 Å². The molecule has 2 heterocycles. The summed E-state index contributed by atoms with van der Waals surface area (Å²) in [6, 6.07) is 31.5. The van der Waals surface area contributed by atoms with Crippen molar-refractivity contribution in [2.75, 3.05) is 0 Å². The van der Waals surface area contributed by atoms with Crippen LogP contribution in [0.4, 0.5) is 0 Å². The van der Waals surface area contributed by atoms with Crippen LogP contribution < -0.4 is 11.1 Å². The van der Waals surface area contributed by atoms with Crippen molar-refractivity contribution in [3.8, 4) is 0 Å². The van der Waals surface area contributed by atoms with Crippen LogP contribution in [-0.2, 0) is 32.2 Å². The number of nitrogens with zero attached hydrogens (tertiary/aromatic N) is 2. The van der Waals surface area contributed by atoms with E-state index in [9.17, 15) is 9.59 Å². The molecule has 0 amide bonds. The number of esters is 2. The van der Waals surface area contributed by atoms with Crippen molar-refractivity contribution in [3.63, 3.8) is 0 Å². The Hall–Kier alpha value is -4.37. The predicted molar refractivity (Wildman–Crippen MR) is 242 cm³/mol. The van der Waals surface area contributed by atoms with Gasteiger partial charge in [-0.3, -0.25) is 14.8 Å². The van der Waals surface area contributed by atoms with E-state index in [2.05, 4.69) is 69.0 Å². The average Bonchev–Trinajstić information content (AvgIpc) is 3.23. The van der Waals surface area contributed by atoms with Crippen LogP contribution >= 0.6 is 12.4 Å². The summed E-state index contributed by atoms with van der Waals surface area (Å²) in [7, 11) is 0. The monoisotopic (exact) mass is 825 g/mol. The van der Waals surface area contributed by atoms with Crippen molar-refractivity contribution in [2.45, 2.75) is 118 Å². The molecule has 0 saturated heterocycles. The van der Waals surface area contributed by atoms with Crippen molar-refractivity contribution in [2.24, 2.45) is 41.2 Å². The van der Waals surface area contributed by atoms with Gasteiger partial charge in [-0.1, -0.05) is 127 Å². The number of halogens is 1. The molecule has 0 aliphatic heterocycles. The second-order valence-electron chi connectivity index (χ2n) is 16.8. The third-order valence-electron chi connectivity index (χ3n) is 11.4. The average molecular weight is 826 g/mol. The Morgan fingerprint density at radius 1 is 0.712 bits per heavy atom. The number of hydrogen-bond donors (Lipinski definition) is 2. The normalized spacial score (nSPS) is 21.8. The lowest BCUT2D eigenvalue weighted by Crippen LogP contribution is -2.36. The van der Waals surface area contributed by atoms with E-state index in [4.69, 9.17) is 15.2 Å². The molecule has 2 aliphatic rings. The fourth-order valence-corrected chi connectivity index (χ4v) is 8.04. The van der Waals surface area contributed by atoms with Crippen molar-refractivity contribution in [1.29, 1.82) is 0 Å². The van der Waals surface area contributed by atoms with Crippen LogP contribution in [0.15, 0.2) is 116 Å². The molecule has 9 heteroatoms. The zero-order valence-corrected chi connectivity index (χ0v) is 36.9. The van der Waals surface area contributed by atoms with E-state index in [0.717, 1.165) is 41.8 Å². The van der Waals surface area contributed by atoms with Crippen LogP contribution in [-0.4, -0.2) is 34.1 Å². The summed E-state index contributed by atoms with van der Waals surface area (Å²) in [4.78, 5) is 33.3. The van der Waals surface area contributed by atoms with Crippen LogP contribution in [0.3, 0.4) is 0 Å². The largest absolute Gasteiger partial charge is 0.462 e. The van der Waals surface area contributed by atoms with Gasteiger partial charge < -0.3 is 20.5 Å². The van der Waals surface area contributed by atoms with Crippen molar-refractivity contribution >= 4 is 30.4 Å². The molecule has 4 aromatic rings. The number of rotatable bonds is 13. The first-order valence-electron chi connectivity index (χ1n) is 21.4. The second kappa shape index (κ2) is 26.7. The van der Waals surface area contributed by atoms with E-state index in [0.29, 0.717) is 55.0 Å². The minimum atomic E-state index is -0.219. The number of nitrogens with two attached hydrogens (primary N) is 1. The Bertz CT molecular complexity index is 1760. The van der Waals surface area contributed by atoms with Crippen LogP contribution in [0.1, 0.15) is 115 Å². The number of aromatic nitrogens is 2. The summed E-state index contributed by atoms with van der Waals surface area (Å²) < 4.78 is 11.8. The molecule has 0 radical (unpaired) electrons. The first kappa shape index (κ1) is 49.0. The second-order valence-corrected chi connectivity index (χ2v) is 16.8. The molecule has 8 nitrogen and oxygen atoms in total. The molecule has 0 spiro atoms. The van der Waals surface area contributed by atoms with Crippen molar-refractivity contribution in [3.05, 3.63) is 138 Å². The predicted octanol–water partition coefficient (Wildman–Crippen LogP) is 11.0. The van der Waals surface area contributed by atoms with E-state index in [1.54, 1.807) is 18.5 Å². The van der Waals surface area contributed by atoms with Crippen molar-refractivity contribution < 1.29 is 19.1 Å². The van der Waals surface area contributed by atoms with Crippen LogP contribution in [0, 0.1) is 35.5 Å². The fraction of sp³-hybridized carbons (Fsp3) is 0.480. The first-order valence-corrected chi connectivity index (χ1v) is 21.4.